The molecule has 1 aliphatic rings. The van der Waals surface area contributed by atoms with Gasteiger partial charge in [0.15, 0.2) is 0 Å². The minimum atomic E-state index is -4.40. The van der Waals surface area contributed by atoms with Gasteiger partial charge in [-0.1, -0.05) is 12.1 Å². The molecule has 0 aromatic heterocycles. The molecule has 1 atom stereocenters. The Morgan fingerprint density at radius 2 is 2.00 bits per heavy atom. The summed E-state index contributed by atoms with van der Waals surface area (Å²) in [6.45, 7) is 0.528. The fourth-order valence-corrected chi connectivity index (χ4v) is 1.59. The van der Waals surface area contributed by atoms with Crippen molar-refractivity contribution < 1.29 is 17.9 Å². The van der Waals surface area contributed by atoms with Crippen molar-refractivity contribution in [3.63, 3.8) is 0 Å². The molecule has 0 unspecified atom stereocenters. The van der Waals surface area contributed by atoms with Crippen LogP contribution in [0, 0.1) is 0 Å². The fraction of sp³-hybridized carbons (Fsp3) is 0.400. The van der Waals surface area contributed by atoms with Gasteiger partial charge in [-0.15, -0.1) is 12.4 Å². The summed E-state index contributed by atoms with van der Waals surface area (Å²) < 4.78 is 42.2. The average Bonchev–Trinajstić information content (AvgIpc) is 2.61. The van der Waals surface area contributed by atoms with Gasteiger partial charge < -0.3 is 10.5 Å². The van der Waals surface area contributed by atoms with E-state index < -0.39 is 12.2 Å². The highest BCUT2D eigenvalue weighted by atomic mass is 35.5. The quantitative estimate of drug-likeness (QED) is 0.835. The molecule has 0 amide bonds. The first-order valence-corrected chi connectivity index (χ1v) is 4.56. The van der Waals surface area contributed by atoms with E-state index in [1.807, 2.05) is 0 Å². The van der Waals surface area contributed by atoms with Crippen LogP contribution < -0.4 is 10.5 Å². The largest absolute Gasteiger partial charge is 0.493 e. The molecule has 0 aliphatic carbocycles. The number of hydrogen-bond acceptors (Lipinski definition) is 2. The van der Waals surface area contributed by atoms with E-state index in [0.717, 1.165) is 5.56 Å². The monoisotopic (exact) mass is 253 g/mol. The maximum Gasteiger partial charge on any atom is 0.407 e. The van der Waals surface area contributed by atoms with Crippen molar-refractivity contribution in [1.82, 2.24) is 0 Å². The maximum atomic E-state index is 12.3. The molecule has 0 fully saturated rings. The highest BCUT2D eigenvalue weighted by molar-refractivity contribution is 5.85. The molecule has 0 radical (unpaired) electrons. The van der Waals surface area contributed by atoms with Crippen LogP contribution in [-0.4, -0.2) is 12.8 Å². The smallest absolute Gasteiger partial charge is 0.407 e. The number of nitrogens with two attached hydrogens (primary N) is 1. The molecule has 0 spiro atoms. The molecule has 1 aromatic carbocycles. The van der Waals surface area contributed by atoms with Crippen molar-refractivity contribution in [3.05, 3.63) is 29.3 Å². The summed E-state index contributed by atoms with van der Waals surface area (Å²) in [5.41, 5.74) is 5.99. The second kappa shape index (κ2) is 4.51. The van der Waals surface area contributed by atoms with Crippen LogP contribution in [0.4, 0.5) is 13.2 Å². The molecule has 0 saturated heterocycles. The third-order valence-electron chi connectivity index (χ3n) is 2.43. The van der Waals surface area contributed by atoms with E-state index in [-0.39, 0.29) is 18.0 Å². The third kappa shape index (κ3) is 2.41. The number of rotatable bonds is 1. The second-order valence-corrected chi connectivity index (χ2v) is 3.48. The normalized spacial score (nSPS) is 16.0. The minimum absolute atomic E-state index is 0. The van der Waals surface area contributed by atoms with Crippen LogP contribution in [0.2, 0.25) is 0 Å². The Morgan fingerprint density at radius 1 is 1.31 bits per heavy atom. The standard InChI is InChI=1S/C10H10F3NO.ClH/c11-10(12,13)9(14)7-1-2-8-6(5-7)3-4-15-8;/h1-2,5,9H,3-4,14H2;1H/t9-;/m0./s1. The molecule has 0 bridgehead atoms. The molecule has 1 heterocycles. The molecule has 16 heavy (non-hydrogen) atoms. The van der Waals surface area contributed by atoms with Crippen molar-refractivity contribution in [2.24, 2.45) is 5.73 Å². The van der Waals surface area contributed by atoms with Crippen LogP contribution in [0.3, 0.4) is 0 Å². The highest BCUT2D eigenvalue weighted by Crippen LogP contribution is 2.34. The summed E-state index contributed by atoms with van der Waals surface area (Å²) in [6, 6.07) is 2.47. The molecule has 1 aromatic rings. The van der Waals surface area contributed by atoms with E-state index in [4.69, 9.17) is 10.5 Å². The zero-order valence-corrected chi connectivity index (χ0v) is 9.07. The van der Waals surface area contributed by atoms with Crippen molar-refractivity contribution in [2.75, 3.05) is 6.61 Å². The lowest BCUT2D eigenvalue weighted by molar-refractivity contribution is -0.149. The van der Waals surface area contributed by atoms with E-state index in [9.17, 15) is 13.2 Å². The van der Waals surface area contributed by atoms with E-state index >= 15 is 0 Å². The summed E-state index contributed by atoms with van der Waals surface area (Å²) in [7, 11) is 0. The van der Waals surface area contributed by atoms with Gasteiger partial charge in [0.2, 0.25) is 0 Å². The summed E-state index contributed by atoms with van der Waals surface area (Å²) in [5.74, 6) is 0.660. The van der Waals surface area contributed by atoms with Crippen molar-refractivity contribution in [3.8, 4) is 5.75 Å². The number of fused-ring (bicyclic) bond motifs is 1. The second-order valence-electron chi connectivity index (χ2n) is 3.48. The number of alkyl halides is 3. The lowest BCUT2D eigenvalue weighted by Crippen LogP contribution is -2.28. The number of halogens is 4. The molecule has 2 N–H and O–H groups in total. The van der Waals surface area contributed by atoms with Gasteiger partial charge >= 0.3 is 6.18 Å². The Morgan fingerprint density at radius 3 is 2.62 bits per heavy atom. The first-order valence-electron chi connectivity index (χ1n) is 4.56. The van der Waals surface area contributed by atoms with Crippen LogP contribution in [0.1, 0.15) is 17.2 Å². The third-order valence-corrected chi connectivity index (χ3v) is 2.43. The zero-order valence-electron chi connectivity index (χ0n) is 8.25. The van der Waals surface area contributed by atoms with Gasteiger partial charge in [0.05, 0.1) is 6.61 Å². The summed E-state index contributed by atoms with van der Waals surface area (Å²) in [5, 5.41) is 0. The van der Waals surface area contributed by atoms with Crippen LogP contribution in [0.15, 0.2) is 18.2 Å². The SMILES string of the molecule is Cl.N[C@@H](c1ccc2c(c1)CCO2)C(F)(F)F. The molecule has 90 valence electrons. The first-order chi connectivity index (χ1) is 6.98. The van der Waals surface area contributed by atoms with E-state index in [0.29, 0.717) is 18.8 Å². The predicted octanol–water partition coefficient (Wildman–Crippen LogP) is 2.61. The van der Waals surface area contributed by atoms with E-state index in [2.05, 4.69) is 0 Å². The highest BCUT2D eigenvalue weighted by Gasteiger charge is 2.38. The van der Waals surface area contributed by atoms with Crippen molar-refractivity contribution in [2.45, 2.75) is 18.6 Å². The number of ether oxygens (including phenoxy) is 1. The summed E-state index contributed by atoms with van der Waals surface area (Å²) in [4.78, 5) is 0. The Labute approximate surface area is 97.0 Å². The van der Waals surface area contributed by atoms with Crippen LogP contribution >= 0.6 is 12.4 Å². The number of benzene rings is 1. The summed E-state index contributed by atoms with van der Waals surface area (Å²) >= 11 is 0. The first kappa shape index (κ1) is 13.1. The Bertz CT molecular complexity index is 381. The van der Waals surface area contributed by atoms with Crippen molar-refractivity contribution >= 4 is 12.4 Å². The van der Waals surface area contributed by atoms with E-state index in [1.165, 1.54) is 12.1 Å². The Hall–Kier alpha value is -0.940. The van der Waals surface area contributed by atoms with Crippen molar-refractivity contribution in [1.29, 1.82) is 0 Å². The molecule has 1 aliphatic heterocycles. The van der Waals surface area contributed by atoms with Gasteiger partial charge in [0.1, 0.15) is 11.8 Å². The van der Waals surface area contributed by atoms with Crippen LogP contribution in [0.25, 0.3) is 0 Å². The molecule has 2 nitrogen and oxygen atoms in total. The van der Waals surface area contributed by atoms with Crippen LogP contribution in [-0.2, 0) is 6.42 Å². The minimum Gasteiger partial charge on any atom is -0.493 e. The number of hydrogen-bond donors (Lipinski definition) is 1. The molecule has 6 heteroatoms. The lowest BCUT2D eigenvalue weighted by atomic mass is 10.0. The summed E-state index contributed by atoms with van der Waals surface area (Å²) in [6.07, 6.45) is -3.75. The van der Waals surface area contributed by atoms with E-state index in [1.54, 1.807) is 6.07 Å². The van der Waals surface area contributed by atoms with Gasteiger partial charge in [-0.25, -0.2) is 0 Å². The van der Waals surface area contributed by atoms with Gasteiger partial charge in [-0.3, -0.25) is 0 Å². The van der Waals surface area contributed by atoms with Gasteiger partial charge in [0.25, 0.3) is 0 Å². The lowest BCUT2D eigenvalue weighted by Gasteiger charge is -2.16. The zero-order chi connectivity index (χ0) is 11.1. The molecular weight excluding hydrogens is 243 g/mol. The fourth-order valence-electron chi connectivity index (χ4n) is 1.59. The van der Waals surface area contributed by atoms with Crippen LogP contribution in [0.5, 0.6) is 5.75 Å². The average molecular weight is 254 g/mol. The Kier molecular flexibility index (Phi) is 3.70. The Balaban J connectivity index is 0.00000128. The molecule has 2 rings (SSSR count). The van der Waals surface area contributed by atoms with Gasteiger partial charge in [-0.2, -0.15) is 13.2 Å². The van der Waals surface area contributed by atoms with Gasteiger partial charge in [0, 0.05) is 6.42 Å². The topological polar surface area (TPSA) is 35.2 Å². The van der Waals surface area contributed by atoms with Gasteiger partial charge in [-0.05, 0) is 17.2 Å². The maximum absolute atomic E-state index is 12.3. The molecular formula is C10H11ClF3NO. The molecule has 0 saturated carbocycles. The predicted molar refractivity (Wildman–Crippen MR) is 55.9 cm³/mol.